The zero-order valence-corrected chi connectivity index (χ0v) is 28.9. The number of rotatable bonds is 13. The minimum atomic E-state index is -4.23. The monoisotopic (exact) mass is 687 g/mol. The Morgan fingerprint density at radius 1 is 0.875 bits per heavy atom. The molecule has 1 fully saturated rings. The zero-order valence-electron chi connectivity index (χ0n) is 27.3. The van der Waals surface area contributed by atoms with Crippen LogP contribution >= 0.6 is 11.6 Å². The van der Waals surface area contributed by atoms with Gasteiger partial charge in [-0.15, -0.1) is 0 Å². The highest BCUT2D eigenvalue weighted by atomic mass is 35.5. The number of methoxy groups -OCH3 is 1. The molecule has 10 heteroatoms. The van der Waals surface area contributed by atoms with E-state index in [1.807, 2.05) is 49.4 Å². The van der Waals surface area contributed by atoms with E-state index in [1.165, 1.54) is 24.1 Å². The van der Waals surface area contributed by atoms with Gasteiger partial charge in [0.05, 0.1) is 17.7 Å². The minimum Gasteiger partial charge on any atom is -0.497 e. The van der Waals surface area contributed by atoms with Gasteiger partial charge in [-0.2, -0.15) is 0 Å². The number of carbonyl (C=O) groups is 2. The Kier molecular flexibility index (Phi) is 11.8. The van der Waals surface area contributed by atoms with Gasteiger partial charge in [-0.1, -0.05) is 97.1 Å². The van der Waals surface area contributed by atoms with E-state index in [-0.39, 0.29) is 29.8 Å². The fourth-order valence-corrected chi connectivity index (χ4v) is 7.63. The molecule has 1 atom stereocenters. The number of aryl methyl sites for hydroxylation is 1. The quantitative estimate of drug-likeness (QED) is 0.164. The Balaban J connectivity index is 1.56. The summed E-state index contributed by atoms with van der Waals surface area (Å²) in [7, 11) is -2.72. The summed E-state index contributed by atoms with van der Waals surface area (Å²) in [6, 6.07) is 28.8. The van der Waals surface area contributed by atoms with Crippen molar-refractivity contribution in [3.63, 3.8) is 0 Å². The van der Waals surface area contributed by atoms with Crippen molar-refractivity contribution in [2.45, 2.75) is 69.0 Å². The molecule has 1 saturated carbocycles. The summed E-state index contributed by atoms with van der Waals surface area (Å²) in [4.78, 5) is 30.4. The highest BCUT2D eigenvalue weighted by Crippen LogP contribution is 2.28. The molecular formula is C38H42ClN3O5S. The van der Waals surface area contributed by atoms with Gasteiger partial charge in [0, 0.05) is 24.0 Å². The maximum absolute atomic E-state index is 14.7. The molecule has 1 N–H and O–H groups in total. The van der Waals surface area contributed by atoms with Gasteiger partial charge in [-0.3, -0.25) is 13.9 Å². The first-order valence-electron chi connectivity index (χ1n) is 16.3. The van der Waals surface area contributed by atoms with E-state index in [1.54, 1.807) is 48.5 Å². The van der Waals surface area contributed by atoms with Crippen LogP contribution in [-0.4, -0.2) is 50.9 Å². The van der Waals surface area contributed by atoms with Crippen LogP contribution in [0.3, 0.4) is 0 Å². The Bertz CT molecular complexity index is 1780. The Hall–Kier alpha value is -4.34. The van der Waals surface area contributed by atoms with Gasteiger partial charge in [0.2, 0.25) is 11.8 Å². The third-order valence-corrected chi connectivity index (χ3v) is 10.9. The molecule has 0 aliphatic heterocycles. The second kappa shape index (κ2) is 16.2. The molecule has 1 aliphatic carbocycles. The molecule has 0 aromatic heterocycles. The molecule has 4 aromatic rings. The highest BCUT2D eigenvalue weighted by Gasteiger charge is 2.35. The molecule has 0 heterocycles. The number of halogens is 1. The molecule has 0 spiro atoms. The third-order valence-electron chi connectivity index (χ3n) is 8.77. The second-order valence-corrected chi connectivity index (χ2v) is 14.5. The largest absolute Gasteiger partial charge is 0.497 e. The van der Waals surface area contributed by atoms with Crippen molar-refractivity contribution in [2.24, 2.45) is 0 Å². The van der Waals surface area contributed by atoms with Gasteiger partial charge in [0.1, 0.15) is 18.3 Å². The second-order valence-electron chi connectivity index (χ2n) is 12.2. The maximum atomic E-state index is 14.7. The third kappa shape index (κ3) is 8.76. The molecule has 48 heavy (non-hydrogen) atoms. The summed E-state index contributed by atoms with van der Waals surface area (Å²) < 4.78 is 34.9. The Morgan fingerprint density at radius 2 is 1.52 bits per heavy atom. The number of nitrogens with zero attached hydrogens (tertiary/aromatic N) is 2. The number of hydrogen-bond acceptors (Lipinski definition) is 5. The molecule has 0 saturated heterocycles. The number of sulfonamides is 1. The molecule has 1 unspecified atom stereocenters. The molecule has 8 nitrogen and oxygen atoms in total. The van der Waals surface area contributed by atoms with Gasteiger partial charge in [0.25, 0.3) is 10.0 Å². The Labute approximate surface area is 288 Å². The van der Waals surface area contributed by atoms with Crippen LogP contribution in [0.15, 0.2) is 108 Å². The molecule has 252 valence electrons. The topological polar surface area (TPSA) is 96.0 Å². The fourth-order valence-electron chi connectivity index (χ4n) is 6.02. The zero-order chi connectivity index (χ0) is 34.1. The lowest BCUT2D eigenvalue weighted by Crippen LogP contribution is -2.55. The van der Waals surface area contributed by atoms with E-state index in [0.717, 1.165) is 47.5 Å². The van der Waals surface area contributed by atoms with Crippen LogP contribution in [0.2, 0.25) is 5.02 Å². The van der Waals surface area contributed by atoms with E-state index in [0.29, 0.717) is 22.0 Å². The maximum Gasteiger partial charge on any atom is 0.264 e. The first-order valence-corrected chi connectivity index (χ1v) is 18.1. The van der Waals surface area contributed by atoms with Crippen LogP contribution in [0.5, 0.6) is 5.75 Å². The lowest BCUT2D eigenvalue weighted by Gasteiger charge is -2.35. The Morgan fingerprint density at radius 3 is 2.17 bits per heavy atom. The molecule has 0 bridgehead atoms. The summed E-state index contributed by atoms with van der Waals surface area (Å²) in [5, 5.41) is 3.67. The van der Waals surface area contributed by atoms with E-state index in [2.05, 4.69) is 5.32 Å². The molecule has 1 aliphatic rings. The average Bonchev–Trinajstić information content (AvgIpc) is 3.10. The molecular weight excluding hydrogens is 646 g/mol. The van der Waals surface area contributed by atoms with E-state index in [9.17, 15) is 18.0 Å². The number of carbonyl (C=O) groups excluding carboxylic acids is 2. The number of nitrogens with one attached hydrogen (secondary N) is 1. The average molecular weight is 688 g/mol. The van der Waals surface area contributed by atoms with Crippen molar-refractivity contribution in [3.05, 3.63) is 125 Å². The van der Waals surface area contributed by atoms with Crippen LogP contribution in [0.25, 0.3) is 0 Å². The summed E-state index contributed by atoms with van der Waals surface area (Å²) in [6.45, 7) is 1.38. The summed E-state index contributed by atoms with van der Waals surface area (Å²) in [5.74, 6) is -0.302. The number of hydrogen-bond donors (Lipinski definition) is 1. The van der Waals surface area contributed by atoms with Crippen LogP contribution < -0.4 is 14.4 Å². The van der Waals surface area contributed by atoms with Crippen molar-refractivity contribution < 1.29 is 22.7 Å². The van der Waals surface area contributed by atoms with E-state index < -0.39 is 28.5 Å². The summed E-state index contributed by atoms with van der Waals surface area (Å²) in [6.07, 6.45) is 5.20. The van der Waals surface area contributed by atoms with Gasteiger partial charge in [-0.05, 0) is 73.4 Å². The van der Waals surface area contributed by atoms with E-state index >= 15 is 0 Å². The van der Waals surface area contributed by atoms with Crippen LogP contribution in [0.1, 0.15) is 48.8 Å². The fraction of sp³-hybridized carbons (Fsp3) is 0.316. The van der Waals surface area contributed by atoms with E-state index in [4.69, 9.17) is 16.3 Å². The normalized spacial score (nSPS) is 14.1. The standard InChI is InChI=1S/C38H42ClN3O5S/c1-28-17-19-32(20-18-28)42(48(45,46)34-23-21-33(47-2)22-24-34)27-37(43)41(26-30-13-9-10-16-35(30)39)36(25-29-11-5-3-6-12-29)38(44)40-31-14-7-4-8-15-31/h3,5-6,9-13,16-24,31,36H,4,7-8,14-15,25-27H2,1-2H3,(H,40,44). The summed E-state index contributed by atoms with van der Waals surface area (Å²) >= 11 is 6.61. The van der Waals surface area contributed by atoms with Crippen molar-refractivity contribution in [3.8, 4) is 5.75 Å². The first kappa shape index (κ1) is 35.0. The van der Waals surface area contributed by atoms with Crippen LogP contribution in [-0.2, 0) is 32.6 Å². The number of benzene rings is 4. The van der Waals surface area contributed by atoms with Crippen molar-refractivity contribution in [2.75, 3.05) is 18.0 Å². The predicted octanol–water partition coefficient (Wildman–Crippen LogP) is 6.94. The highest BCUT2D eigenvalue weighted by molar-refractivity contribution is 7.92. The molecule has 0 radical (unpaired) electrons. The van der Waals surface area contributed by atoms with Crippen molar-refractivity contribution in [1.29, 1.82) is 0 Å². The number of ether oxygens (including phenoxy) is 1. The lowest BCUT2D eigenvalue weighted by atomic mass is 9.94. The smallest absolute Gasteiger partial charge is 0.264 e. The van der Waals surface area contributed by atoms with Gasteiger partial charge in [0.15, 0.2) is 0 Å². The molecule has 4 aromatic carbocycles. The van der Waals surface area contributed by atoms with Gasteiger partial charge >= 0.3 is 0 Å². The van der Waals surface area contributed by atoms with Gasteiger partial charge < -0.3 is 15.0 Å². The first-order chi connectivity index (χ1) is 23.2. The lowest BCUT2D eigenvalue weighted by molar-refractivity contribution is -0.140. The van der Waals surface area contributed by atoms with Crippen LogP contribution in [0, 0.1) is 6.92 Å². The minimum absolute atomic E-state index is 0.00482. The molecule has 5 rings (SSSR count). The molecule has 2 amide bonds. The van der Waals surface area contributed by atoms with Crippen molar-refractivity contribution in [1.82, 2.24) is 10.2 Å². The summed E-state index contributed by atoms with van der Waals surface area (Å²) in [5.41, 5.74) is 2.79. The number of anilines is 1. The van der Waals surface area contributed by atoms with Gasteiger partial charge in [-0.25, -0.2) is 8.42 Å². The van der Waals surface area contributed by atoms with Crippen LogP contribution in [0.4, 0.5) is 5.69 Å². The SMILES string of the molecule is COc1ccc(S(=O)(=O)N(CC(=O)N(Cc2ccccc2Cl)C(Cc2ccccc2)C(=O)NC2CCCCC2)c2ccc(C)cc2)cc1. The predicted molar refractivity (Wildman–Crippen MR) is 190 cm³/mol. The number of amides is 2. The van der Waals surface area contributed by atoms with Crippen molar-refractivity contribution >= 4 is 39.1 Å².